The molecule has 1 aliphatic rings. The van der Waals surface area contributed by atoms with E-state index in [1.807, 2.05) is 11.5 Å². The highest BCUT2D eigenvalue weighted by molar-refractivity contribution is 8.40. The molecule has 3 heteroatoms. The summed E-state index contributed by atoms with van der Waals surface area (Å²) in [6.45, 7) is 4.51. The van der Waals surface area contributed by atoms with Gasteiger partial charge < -0.3 is 0 Å². The summed E-state index contributed by atoms with van der Waals surface area (Å²) in [4.78, 5) is 0. The summed E-state index contributed by atoms with van der Waals surface area (Å²) in [7, 11) is 0. The minimum Gasteiger partial charge on any atom is -0.268 e. The zero-order chi connectivity index (χ0) is 4.24. The molecule has 0 unspecified atom stereocenters. The molecule has 0 aromatic heterocycles. The molecule has 0 aliphatic carbocycles. The molecule has 1 fully saturated rings. The van der Waals surface area contributed by atoms with E-state index in [4.69, 9.17) is 0 Å². The molecule has 0 bridgehead atoms. The highest BCUT2D eigenvalue weighted by atomic mass is 32.2. The third-order valence-corrected chi connectivity index (χ3v) is 1.69. The molecule has 1 saturated heterocycles. The lowest BCUT2D eigenvalue weighted by Crippen LogP contribution is -1.96. The average Bonchev–Trinajstić information content (AvgIpc) is 1.72. The summed E-state index contributed by atoms with van der Waals surface area (Å²) in [5.74, 6) is 0. The maximum absolute atomic E-state index is 2.25. The van der Waals surface area contributed by atoms with Gasteiger partial charge in [0, 0.05) is 0 Å². The molecule has 1 aliphatic heterocycles. The SMILES string of the molecule is [B]1CCC[B]S1. The summed E-state index contributed by atoms with van der Waals surface area (Å²) < 4.78 is 0. The van der Waals surface area contributed by atoms with E-state index < -0.39 is 0 Å². The van der Waals surface area contributed by atoms with Crippen molar-refractivity contribution in [1.29, 1.82) is 0 Å². The smallest absolute Gasteiger partial charge is 0.175 e. The largest absolute Gasteiger partial charge is 0.268 e. The molecule has 6 heavy (non-hydrogen) atoms. The summed E-state index contributed by atoms with van der Waals surface area (Å²) in [5.41, 5.74) is 0. The van der Waals surface area contributed by atoms with Crippen LogP contribution in [0.4, 0.5) is 0 Å². The van der Waals surface area contributed by atoms with Gasteiger partial charge in [-0.05, 0) is 0 Å². The molecule has 0 aromatic rings. The van der Waals surface area contributed by atoms with Gasteiger partial charge in [0.25, 0.3) is 0 Å². The van der Waals surface area contributed by atoms with E-state index in [0.29, 0.717) is 0 Å². The second-order valence-electron chi connectivity index (χ2n) is 1.40. The second-order valence-corrected chi connectivity index (χ2v) is 2.34. The topological polar surface area (TPSA) is 0 Å². The summed E-state index contributed by atoms with van der Waals surface area (Å²) >= 11 is 1.84. The van der Waals surface area contributed by atoms with Gasteiger partial charge in [-0.25, -0.2) is 0 Å². The van der Waals surface area contributed by atoms with E-state index in [2.05, 4.69) is 13.1 Å². The lowest BCUT2D eigenvalue weighted by atomic mass is 9.88. The van der Waals surface area contributed by atoms with Crippen LogP contribution in [0.5, 0.6) is 0 Å². The van der Waals surface area contributed by atoms with E-state index in [1.54, 1.807) is 0 Å². The minimum atomic E-state index is 1.31. The van der Waals surface area contributed by atoms with Gasteiger partial charge >= 0.3 is 0 Å². The van der Waals surface area contributed by atoms with Crippen LogP contribution in [-0.4, -0.2) is 13.1 Å². The molecule has 1 heterocycles. The van der Waals surface area contributed by atoms with Crippen LogP contribution in [0, 0.1) is 0 Å². The first kappa shape index (κ1) is 4.63. The minimum absolute atomic E-state index is 1.31. The van der Waals surface area contributed by atoms with Crippen molar-refractivity contribution in [3.8, 4) is 0 Å². The van der Waals surface area contributed by atoms with Crippen molar-refractivity contribution in [2.75, 3.05) is 0 Å². The number of rotatable bonds is 0. The monoisotopic (exact) mass is 96.0 g/mol. The van der Waals surface area contributed by atoms with Gasteiger partial charge in [0.1, 0.15) is 0 Å². The Hall–Kier alpha value is 0.480. The third-order valence-electron chi connectivity index (χ3n) is 0.836. The maximum atomic E-state index is 2.25. The first-order valence-electron chi connectivity index (χ1n) is 2.29. The Balaban J connectivity index is 2.00. The molecule has 0 nitrogen and oxygen atoms in total. The summed E-state index contributed by atoms with van der Waals surface area (Å²) in [6, 6.07) is 0. The fourth-order valence-electron chi connectivity index (χ4n) is 0.489. The molecular weight excluding hydrogens is 89.7 g/mol. The van der Waals surface area contributed by atoms with Crippen LogP contribution in [0.25, 0.3) is 0 Å². The third kappa shape index (κ3) is 1.29. The van der Waals surface area contributed by atoms with Crippen LogP contribution in [0.1, 0.15) is 6.42 Å². The predicted molar refractivity (Wildman–Crippen MR) is 33.3 cm³/mol. The average molecular weight is 95.8 g/mol. The zero-order valence-electron chi connectivity index (χ0n) is 3.68. The van der Waals surface area contributed by atoms with Crippen molar-refractivity contribution in [2.24, 2.45) is 0 Å². The maximum Gasteiger partial charge on any atom is 0.175 e. The van der Waals surface area contributed by atoms with Gasteiger partial charge in [-0.15, -0.1) is 0 Å². The molecule has 2 radical (unpaired) electrons. The number of hydrogen-bond donors (Lipinski definition) is 0. The molecular formula is C3H6B2S. The Morgan fingerprint density at radius 3 is 2.00 bits per heavy atom. The Morgan fingerprint density at radius 1 is 1.17 bits per heavy atom. The van der Waals surface area contributed by atoms with E-state index >= 15 is 0 Å². The molecule has 30 valence electrons. The van der Waals surface area contributed by atoms with E-state index in [1.165, 1.54) is 19.1 Å². The molecule has 0 aromatic carbocycles. The fraction of sp³-hybridized carbons (Fsp3) is 1.00. The Bertz CT molecular complexity index is 24.3. The summed E-state index contributed by atoms with van der Waals surface area (Å²) in [5, 5.41) is 0. The molecule has 0 saturated carbocycles. The second kappa shape index (κ2) is 2.62. The van der Waals surface area contributed by atoms with Crippen LogP contribution >= 0.6 is 11.5 Å². The first-order chi connectivity index (χ1) is 3.00. The molecule has 0 amide bonds. The zero-order valence-corrected chi connectivity index (χ0v) is 4.50. The quantitative estimate of drug-likeness (QED) is 0.408. The predicted octanol–water partition coefficient (Wildman–Crippen LogP) is 1.20. The van der Waals surface area contributed by atoms with Crippen LogP contribution in [-0.2, 0) is 0 Å². The Kier molecular flexibility index (Phi) is 2.02. The van der Waals surface area contributed by atoms with Crippen molar-refractivity contribution < 1.29 is 0 Å². The lowest BCUT2D eigenvalue weighted by Gasteiger charge is -2.03. The van der Waals surface area contributed by atoms with Crippen molar-refractivity contribution >= 4 is 24.6 Å². The highest BCUT2D eigenvalue weighted by Gasteiger charge is 1.99. The number of hydrogen-bond acceptors (Lipinski definition) is 1. The van der Waals surface area contributed by atoms with Crippen molar-refractivity contribution in [3.05, 3.63) is 0 Å². The molecule has 0 spiro atoms. The van der Waals surface area contributed by atoms with Crippen LogP contribution in [0.3, 0.4) is 0 Å². The van der Waals surface area contributed by atoms with E-state index in [9.17, 15) is 0 Å². The van der Waals surface area contributed by atoms with Gasteiger partial charge in [0.05, 0.1) is 0 Å². The van der Waals surface area contributed by atoms with Crippen LogP contribution in [0.2, 0.25) is 12.6 Å². The van der Waals surface area contributed by atoms with Crippen LogP contribution < -0.4 is 0 Å². The molecule has 1 rings (SSSR count). The fourth-order valence-corrected chi connectivity index (χ4v) is 1.23. The normalized spacial score (nSPS) is 21.3. The van der Waals surface area contributed by atoms with Crippen molar-refractivity contribution in [3.63, 3.8) is 0 Å². The van der Waals surface area contributed by atoms with Gasteiger partial charge in [0.2, 0.25) is 0 Å². The molecule has 0 N–H and O–H groups in total. The molecule has 0 atom stereocenters. The van der Waals surface area contributed by atoms with Crippen molar-refractivity contribution in [1.82, 2.24) is 0 Å². The van der Waals surface area contributed by atoms with Gasteiger partial charge in [-0.2, -0.15) is 0 Å². The van der Waals surface area contributed by atoms with E-state index in [0.717, 1.165) is 0 Å². The van der Waals surface area contributed by atoms with Gasteiger partial charge in [0.15, 0.2) is 13.1 Å². The summed E-state index contributed by atoms with van der Waals surface area (Å²) in [6.07, 6.45) is 3.98. The van der Waals surface area contributed by atoms with Crippen molar-refractivity contribution in [2.45, 2.75) is 19.1 Å². The standard InChI is InChI=1S/C3H6B2S/c1-2-4-6-5-3-1/h1-3H2. The first-order valence-corrected chi connectivity index (χ1v) is 3.23. The Labute approximate surface area is 44.4 Å². The van der Waals surface area contributed by atoms with Gasteiger partial charge in [-0.1, -0.05) is 19.1 Å². The van der Waals surface area contributed by atoms with Gasteiger partial charge in [-0.3, -0.25) is 11.5 Å². The van der Waals surface area contributed by atoms with E-state index in [-0.39, 0.29) is 0 Å². The highest BCUT2D eigenvalue weighted by Crippen LogP contribution is 2.12. The Morgan fingerprint density at radius 2 is 1.83 bits per heavy atom. The van der Waals surface area contributed by atoms with Crippen LogP contribution in [0.15, 0.2) is 0 Å². The lowest BCUT2D eigenvalue weighted by molar-refractivity contribution is 1.07.